The fourth-order valence-corrected chi connectivity index (χ4v) is 7.21. The molecule has 0 bridgehead atoms. The molecule has 0 heterocycles. The van der Waals surface area contributed by atoms with E-state index >= 15 is 0 Å². The Morgan fingerprint density at radius 2 is 1.96 bits per heavy atom. The summed E-state index contributed by atoms with van der Waals surface area (Å²) in [4.78, 5) is 37.6. The van der Waals surface area contributed by atoms with Crippen LogP contribution in [0.15, 0.2) is 22.8 Å². The summed E-state index contributed by atoms with van der Waals surface area (Å²) in [6.07, 6.45) is 3.22. The molecule has 0 radical (unpaired) electrons. The van der Waals surface area contributed by atoms with Crippen LogP contribution >= 0.6 is 11.6 Å². The zero-order valence-corrected chi connectivity index (χ0v) is 17.2. The van der Waals surface area contributed by atoms with Gasteiger partial charge in [-0.25, -0.2) is 0 Å². The Bertz CT molecular complexity index is 1000. The van der Waals surface area contributed by atoms with E-state index in [1.807, 2.05) is 19.9 Å². The predicted octanol–water partition coefficient (Wildman–Crippen LogP) is 4.75. The van der Waals surface area contributed by atoms with E-state index in [1.165, 1.54) is 13.0 Å². The van der Waals surface area contributed by atoms with Crippen LogP contribution in [-0.2, 0) is 19.1 Å². The molecule has 2 fully saturated rings. The maximum atomic E-state index is 12.9. The molecule has 5 heteroatoms. The molecule has 0 amide bonds. The summed E-state index contributed by atoms with van der Waals surface area (Å²) in [5.74, 6) is -2.53. The minimum atomic E-state index is -2.96. The lowest BCUT2D eigenvalue weighted by atomic mass is 9.48. The van der Waals surface area contributed by atoms with Crippen LogP contribution in [0.1, 0.15) is 73.0 Å². The molecular weight excluding hydrogens is 376 g/mol. The number of Topliss-reactive ketones (excluding diaryl/α,β-unsaturated/α-hetero) is 1. The van der Waals surface area contributed by atoms with E-state index < -0.39 is 41.4 Å². The summed E-state index contributed by atoms with van der Waals surface area (Å²) in [6.45, 7) is 2.24. The van der Waals surface area contributed by atoms with Crippen LogP contribution in [0, 0.1) is 28.6 Å². The minimum Gasteiger partial charge on any atom is -0.451 e. The molecule has 0 aromatic carbocycles. The van der Waals surface area contributed by atoms with Crippen molar-refractivity contribution < 1.29 is 26.0 Å². The Kier molecular flexibility index (Phi) is 3.27. The van der Waals surface area contributed by atoms with Gasteiger partial charge in [0.1, 0.15) is 0 Å². The number of hydrogen-bond acceptors (Lipinski definition) is 4. The number of allylic oxidation sites excluding steroid dienone is 4. The van der Waals surface area contributed by atoms with E-state index in [9.17, 15) is 14.4 Å². The van der Waals surface area contributed by atoms with Gasteiger partial charge < -0.3 is 4.74 Å². The van der Waals surface area contributed by atoms with Gasteiger partial charge in [0.05, 0.1) is 0 Å². The first-order chi connectivity index (χ1) is 15.0. The number of carbonyl (C=O) groups is 3. The normalized spacial score (nSPS) is 49.5. The molecule has 152 valence electrons. The Morgan fingerprint density at radius 1 is 1.25 bits per heavy atom. The molecule has 2 saturated carbocycles. The molecule has 4 rings (SSSR count). The highest BCUT2D eigenvalue weighted by Crippen LogP contribution is 2.68. The SMILES string of the molecule is [2H]C([2H])([2H])C(=O)O[C@]1(C(C)=O)CC[C@H]2[C@@H]3C=C(Cl)C4=CC(=O)C([2H])([2H])C[C@]4(C)[C@H]3CC[C@@]21C. The van der Waals surface area contributed by atoms with Crippen molar-refractivity contribution in [3.8, 4) is 0 Å². The van der Waals surface area contributed by atoms with Gasteiger partial charge in [-0.05, 0) is 73.8 Å². The van der Waals surface area contributed by atoms with Gasteiger partial charge in [-0.3, -0.25) is 14.4 Å². The Morgan fingerprint density at radius 3 is 2.64 bits per heavy atom. The fraction of sp³-hybridized carbons (Fsp3) is 0.696. The average molecular weight is 410 g/mol. The van der Waals surface area contributed by atoms with Gasteiger partial charge >= 0.3 is 5.97 Å². The van der Waals surface area contributed by atoms with E-state index in [1.54, 1.807) is 0 Å². The minimum absolute atomic E-state index is 0.00595. The van der Waals surface area contributed by atoms with Crippen LogP contribution in [0.25, 0.3) is 0 Å². The summed E-state index contributed by atoms with van der Waals surface area (Å²) < 4.78 is 44.3. The van der Waals surface area contributed by atoms with Crippen molar-refractivity contribution in [2.24, 2.45) is 28.6 Å². The quantitative estimate of drug-likeness (QED) is 0.617. The third-order valence-electron chi connectivity index (χ3n) is 8.22. The number of halogens is 1. The summed E-state index contributed by atoms with van der Waals surface area (Å²) in [7, 11) is 0. The Labute approximate surface area is 178 Å². The largest absolute Gasteiger partial charge is 0.451 e. The monoisotopic (exact) mass is 409 g/mol. The van der Waals surface area contributed by atoms with E-state index in [0.29, 0.717) is 29.9 Å². The highest BCUT2D eigenvalue weighted by atomic mass is 35.5. The van der Waals surface area contributed by atoms with Gasteiger partial charge in [0.15, 0.2) is 17.2 Å². The molecule has 4 aliphatic carbocycles. The molecule has 0 aromatic rings. The lowest BCUT2D eigenvalue weighted by Gasteiger charge is -2.57. The summed E-state index contributed by atoms with van der Waals surface area (Å²) in [5.41, 5.74) is -2.29. The molecule has 28 heavy (non-hydrogen) atoms. The summed E-state index contributed by atoms with van der Waals surface area (Å²) in [5, 5.41) is 0.423. The zero-order chi connectivity index (χ0) is 24.8. The second kappa shape index (κ2) is 6.29. The van der Waals surface area contributed by atoms with Crippen molar-refractivity contribution in [2.75, 3.05) is 0 Å². The van der Waals surface area contributed by atoms with Crippen molar-refractivity contribution in [1.82, 2.24) is 0 Å². The molecule has 0 unspecified atom stereocenters. The first-order valence-electron chi connectivity index (χ1n) is 12.4. The second-order valence-electron chi connectivity index (χ2n) is 9.27. The molecule has 0 aromatic heterocycles. The van der Waals surface area contributed by atoms with Gasteiger partial charge in [-0.1, -0.05) is 31.5 Å². The maximum Gasteiger partial charge on any atom is 0.303 e. The van der Waals surface area contributed by atoms with Gasteiger partial charge in [-0.15, -0.1) is 0 Å². The molecule has 6 atom stereocenters. The molecule has 4 aliphatic rings. The van der Waals surface area contributed by atoms with Crippen LogP contribution in [0.5, 0.6) is 0 Å². The average Bonchev–Trinajstić information content (AvgIpc) is 2.96. The molecular formula is C23H29ClO4. The lowest BCUT2D eigenvalue weighted by molar-refractivity contribution is -0.185. The highest BCUT2D eigenvalue weighted by Gasteiger charge is 2.67. The molecule has 0 aliphatic heterocycles. The Balaban J connectivity index is 1.78. The first kappa shape index (κ1) is 14.5. The second-order valence-corrected chi connectivity index (χ2v) is 9.67. The molecule has 4 nitrogen and oxygen atoms in total. The Hall–Kier alpha value is -1.42. The van der Waals surface area contributed by atoms with Gasteiger partial charge in [-0.2, -0.15) is 0 Å². The maximum absolute atomic E-state index is 12.9. The van der Waals surface area contributed by atoms with Crippen LogP contribution in [0.4, 0.5) is 0 Å². The fourth-order valence-electron chi connectivity index (χ4n) is 6.79. The van der Waals surface area contributed by atoms with Crippen molar-refractivity contribution in [2.45, 2.75) is 71.7 Å². The van der Waals surface area contributed by atoms with Gasteiger partial charge in [0, 0.05) is 30.5 Å². The number of ether oxygens (including phenoxy) is 1. The highest BCUT2D eigenvalue weighted by molar-refractivity contribution is 6.32. The topological polar surface area (TPSA) is 60.4 Å². The van der Waals surface area contributed by atoms with E-state index in [-0.39, 0.29) is 36.4 Å². The molecule has 0 spiro atoms. The van der Waals surface area contributed by atoms with Crippen molar-refractivity contribution >= 4 is 29.1 Å². The standard InChI is InChI=1S/C23H29ClO4/c1-13(25)23(28-14(2)26)10-7-18-16-12-20(24)19-11-15(27)5-8-21(19,3)17(16)6-9-22(18,23)4/h11-12,16-18H,5-10H2,1-4H3/t16-,17+,18+,21-,22+,23+/m1/s1/i2D3,5D2. The number of carbonyl (C=O) groups excluding carboxylic acids is 3. The third kappa shape index (κ3) is 2.46. The van der Waals surface area contributed by atoms with Crippen LogP contribution in [-0.4, -0.2) is 23.1 Å². The van der Waals surface area contributed by atoms with E-state index in [4.69, 9.17) is 23.2 Å². The number of ketones is 2. The van der Waals surface area contributed by atoms with Crippen LogP contribution in [0.3, 0.4) is 0 Å². The molecule has 0 N–H and O–H groups in total. The third-order valence-corrected chi connectivity index (χ3v) is 8.55. The number of esters is 1. The van der Waals surface area contributed by atoms with E-state index in [0.717, 1.165) is 0 Å². The number of rotatable bonds is 2. The summed E-state index contributed by atoms with van der Waals surface area (Å²) in [6, 6.07) is 0. The van der Waals surface area contributed by atoms with Crippen LogP contribution in [0.2, 0.25) is 0 Å². The molecule has 0 saturated heterocycles. The van der Waals surface area contributed by atoms with E-state index in [2.05, 4.69) is 0 Å². The van der Waals surface area contributed by atoms with Crippen molar-refractivity contribution in [1.29, 1.82) is 0 Å². The first-order valence-corrected chi connectivity index (χ1v) is 10.3. The lowest BCUT2D eigenvalue weighted by Crippen LogP contribution is -2.58. The van der Waals surface area contributed by atoms with Gasteiger partial charge in [0.2, 0.25) is 0 Å². The zero-order valence-electron chi connectivity index (χ0n) is 21.4. The van der Waals surface area contributed by atoms with Crippen molar-refractivity contribution in [3.05, 3.63) is 22.8 Å². The van der Waals surface area contributed by atoms with Gasteiger partial charge in [0.25, 0.3) is 0 Å². The smallest absolute Gasteiger partial charge is 0.303 e. The summed E-state index contributed by atoms with van der Waals surface area (Å²) >= 11 is 6.66. The van der Waals surface area contributed by atoms with Crippen molar-refractivity contribution in [3.63, 3.8) is 0 Å². The predicted molar refractivity (Wildman–Crippen MR) is 107 cm³/mol. The van der Waals surface area contributed by atoms with Crippen LogP contribution < -0.4 is 0 Å². The number of hydrogen-bond donors (Lipinski definition) is 0. The number of fused-ring (bicyclic) bond motifs is 5.